The highest BCUT2D eigenvalue weighted by atomic mass is 16.5. The predicted octanol–water partition coefficient (Wildman–Crippen LogP) is 7.74. The highest BCUT2D eigenvalue weighted by Crippen LogP contribution is 2.20. The second-order valence-electron chi connectivity index (χ2n) is 9.84. The van der Waals surface area contributed by atoms with Gasteiger partial charge in [0.1, 0.15) is 5.75 Å². The van der Waals surface area contributed by atoms with E-state index in [-0.39, 0.29) is 11.5 Å². The van der Waals surface area contributed by atoms with Crippen molar-refractivity contribution in [1.82, 2.24) is 4.90 Å². The second-order valence-corrected chi connectivity index (χ2v) is 9.84. The molecule has 198 valence electrons. The molecule has 4 heteroatoms. The molecule has 0 bridgehead atoms. The van der Waals surface area contributed by atoms with Crippen LogP contribution in [0.4, 0.5) is 0 Å². The van der Waals surface area contributed by atoms with Crippen LogP contribution in [0.2, 0.25) is 0 Å². The standard InChI is InChI=1S/C33H43NO3/c1-2-30-25-31(20-21-32(30)35)33(36)27-34(26-29-18-9-6-10-19-29)22-12-3-4-13-23-37-24-14-11-17-28-15-7-5-8-16-28/h2,6-7,9-10,15-16,18-21,25,35H,1,3-5,8,11-14,17,22-24,26-27H2. The van der Waals surface area contributed by atoms with Crippen molar-refractivity contribution >= 4 is 11.9 Å². The molecule has 1 aliphatic carbocycles. The molecule has 0 radical (unpaired) electrons. The second kappa shape index (κ2) is 16.7. The Balaban J connectivity index is 1.34. The summed E-state index contributed by atoms with van der Waals surface area (Å²) in [6, 6.07) is 15.3. The number of allylic oxidation sites excluding steroid dienone is 4. The summed E-state index contributed by atoms with van der Waals surface area (Å²) in [5.41, 5.74) is 3.88. The van der Waals surface area contributed by atoms with E-state index in [2.05, 4.69) is 41.8 Å². The lowest BCUT2D eigenvalue weighted by molar-refractivity contribution is 0.0923. The zero-order valence-electron chi connectivity index (χ0n) is 22.2. The van der Waals surface area contributed by atoms with Gasteiger partial charge in [-0.1, -0.05) is 79.6 Å². The Morgan fingerprint density at radius 1 is 0.973 bits per heavy atom. The van der Waals surface area contributed by atoms with Crippen molar-refractivity contribution in [2.24, 2.45) is 0 Å². The molecule has 1 N–H and O–H groups in total. The van der Waals surface area contributed by atoms with E-state index in [1.54, 1.807) is 24.3 Å². The summed E-state index contributed by atoms with van der Waals surface area (Å²) in [4.78, 5) is 15.2. The number of carbonyl (C=O) groups is 1. The number of carbonyl (C=O) groups excluding carboxylic acids is 1. The Kier molecular flexibility index (Phi) is 12.9. The lowest BCUT2D eigenvalue weighted by Crippen LogP contribution is -2.30. The third-order valence-electron chi connectivity index (χ3n) is 6.77. The number of benzene rings is 2. The van der Waals surface area contributed by atoms with E-state index >= 15 is 0 Å². The molecule has 0 unspecified atom stereocenters. The quantitative estimate of drug-likeness (QED) is 0.168. The Labute approximate surface area is 223 Å². The summed E-state index contributed by atoms with van der Waals surface area (Å²) >= 11 is 0. The molecule has 0 saturated heterocycles. The number of unbranched alkanes of at least 4 members (excludes halogenated alkanes) is 4. The first kappa shape index (κ1) is 28.6. The fraction of sp³-hybridized carbons (Fsp3) is 0.424. The molecule has 37 heavy (non-hydrogen) atoms. The predicted molar refractivity (Wildman–Crippen MR) is 154 cm³/mol. The normalized spacial score (nSPS) is 13.1. The number of phenols is 1. The molecule has 1 aliphatic rings. The fourth-order valence-electron chi connectivity index (χ4n) is 4.62. The van der Waals surface area contributed by atoms with Gasteiger partial charge < -0.3 is 9.84 Å². The van der Waals surface area contributed by atoms with Gasteiger partial charge in [-0.25, -0.2) is 0 Å². The topological polar surface area (TPSA) is 49.8 Å². The number of phenolic OH excluding ortho intramolecular Hbond substituents is 1. The third-order valence-corrected chi connectivity index (χ3v) is 6.77. The molecule has 0 spiro atoms. The minimum Gasteiger partial charge on any atom is -0.507 e. The summed E-state index contributed by atoms with van der Waals surface area (Å²) in [6.45, 7) is 7.38. The van der Waals surface area contributed by atoms with Gasteiger partial charge in [-0.15, -0.1) is 0 Å². The van der Waals surface area contributed by atoms with E-state index in [4.69, 9.17) is 4.74 Å². The average molecular weight is 502 g/mol. The molecule has 3 rings (SSSR count). The highest BCUT2D eigenvalue weighted by Gasteiger charge is 2.14. The molecule has 0 saturated carbocycles. The Morgan fingerprint density at radius 3 is 2.51 bits per heavy atom. The SMILES string of the molecule is C=Cc1cc(C(=O)CN(CCCCCCOCCCCC2=CCCC=C2)Cc2ccccc2)ccc1O. The van der Waals surface area contributed by atoms with Crippen molar-refractivity contribution in [3.05, 3.63) is 95.6 Å². The van der Waals surface area contributed by atoms with Crippen LogP contribution in [0, 0.1) is 0 Å². The van der Waals surface area contributed by atoms with Crippen molar-refractivity contribution < 1.29 is 14.6 Å². The van der Waals surface area contributed by atoms with Crippen LogP contribution in [-0.2, 0) is 11.3 Å². The van der Waals surface area contributed by atoms with Crippen molar-refractivity contribution in [1.29, 1.82) is 0 Å². The molecule has 4 nitrogen and oxygen atoms in total. The van der Waals surface area contributed by atoms with E-state index in [1.165, 1.54) is 36.8 Å². The maximum Gasteiger partial charge on any atom is 0.176 e. The minimum absolute atomic E-state index is 0.0585. The van der Waals surface area contributed by atoms with Crippen LogP contribution in [0.3, 0.4) is 0 Å². The van der Waals surface area contributed by atoms with Crippen LogP contribution in [0.25, 0.3) is 6.08 Å². The lowest BCUT2D eigenvalue weighted by Gasteiger charge is -2.22. The molecule has 0 aromatic heterocycles. The van der Waals surface area contributed by atoms with Crippen molar-refractivity contribution in [2.75, 3.05) is 26.3 Å². The number of ketones is 1. The summed E-state index contributed by atoms with van der Waals surface area (Å²) in [5, 5.41) is 9.90. The van der Waals surface area contributed by atoms with E-state index in [0.717, 1.165) is 58.4 Å². The molecule has 0 atom stereocenters. The zero-order valence-corrected chi connectivity index (χ0v) is 22.2. The number of ether oxygens (including phenoxy) is 1. The molecular formula is C33H43NO3. The fourth-order valence-corrected chi connectivity index (χ4v) is 4.62. The van der Waals surface area contributed by atoms with Gasteiger partial charge in [0.2, 0.25) is 0 Å². The third kappa shape index (κ3) is 10.9. The summed E-state index contributed by atoms with van der Waals surface area (Å²) in [6.07, 6.45) is 18.8. The molecule has 2 aromatic carbocycles. The number of rotatable bonds is 18. The van der Waals surface area contributed by atoms with Gasteiger partial charge in [0.25, 0.3) is 0 Å². The number of aromatic hydroxyl groups is 1. The Hall–Kier alpha value is -2.95. The molecule has 0 fully saturated rings. The average Bonchev–Trinajstić information content (AvgIpc) is 2.93. The summed E-state index contributed by atoms with van der Waals surface area (Å²) < 4.78 is 5.84. The highest BCUT2D eigenvalue weighted by molar-refractivity contribution is 5.98. The minimum atomic E-state index is 0.0585. The zero-order chi connectivity index (χ0) is 26.1. The first-order valence-electron chi connectivity index (χ1n) is 13.8. The molecule has 0 aliphatic heterocycles. The van der Waals surface area contributed by atoms with Gasteiger partial charge in [0.05, 0.1) is 6.54 Å². The van der Waals surface area contributed by atoms with Crippen LogP contribution in [0.15, 0.2) is 78.9 Å². The number of nitrogens with zero attached hydrogens (tertiary/aromatic N) is 1. The van der Waals surface area contributed by atoms with E-state index in [1.807, 2.05) is 18.2 Å². The number of hydrogen-bond acceptors (Lipinski definition) is 4. The van der Waals surface area contributed by atoms with E-state index in [0.29, 0.717) is 17.7 Å². The monoisotopic (exact) mass is 501 g/mol. The van der Waals surface area contributed by atoms with Crippen molar-refractivity contribution in [3.8, 4) is 5.75 Å². The molecule has 0 heterocycles. The first-order chi connectivity index (χ1) is 18.2. The number of hydrogen-bond donors (Lipinski definition) is 1. The van der Waals surface area contributed by atoms with Crippen molar-refractivity contribution in [2.45, 2.75) is 64.3 Å². The van der Waals surface area contributed by atoms with Crippen LogP contribution >= 0.6 is 0 Å². The van der Waals surface area contributed by atoms with E-state index in [9.17, 15) is 9.90 Å². The largest absolute Gasteiger partial charge is 0.507 e. The van der Waals surface area contributed by atoms with Gasteiger partial charge >= 0.3 is 0 Å². The van der Waals surface area contributed by atoms with Crippen LogP contribution in [0.5, 0.6) is 5.75 Å². The lowest BCUT2D eigenvalue weighted by atomic mass is 10.0. The maximum absolute atomic E-state index is 13.0. The maximum atomic E-state index is 13.0. The summed E-state index contributed by atoms with van der Waals surface area (Å²) in [5.74, 6) is 0.203. The summed E-state index contributed by atoms with van der Waals surface area (Å²) in [7, 11) is 0. The van der Waals surface area contributed by atoms with E-state index < -0.39 is 0 Å². The first-order valence-corrected chi connectivity index (χ1v) is 13.8. The number of Topliss-reactive ketones (excluding diaryl/α,β-unsaturated/α-hetero) is 1. The van der Waals surface area contributed by atoms with Crippen molar-refractivity contribution in [3.63, 3.8) is 0 Å². The van der Waals surface area contributed by atoms with Crippen LogP contribution in [0.1, 0.15) is 79.3 Å². The Morgan fingerprint density at radius 2 is 1.76 bits per heavy atom. The van der Waals surface area contributed by atoms with Gasteiger partial charge in [0.15, 0.2) is 5.78 Å². The smallest absolute Gasteiger partial charge is 0.176 e. The van der Waals surface area contributed by atoms with Crippen LogP contribution in [-0.4, -0.2) is 42.1 Å². The molecular weight excluding hydrogens is 458 g/mol. The van der Waals surface area contributed by atoms with Gasteiger partial charge in [-0.05, 0) is 75.3 Å². The van der Waals surface area contributed by atoms with Gasteiger partial charge in [0, 0.05) is 30.9 Å². The molecule has 2 aromatic rings. The van der Waals surface area contributed by atoms with Gasteiger partial charge in [-0.2, -0.15) is 0 Å². The Bertz CT molecular complexity index is 1030. The van der Waals surface area contributed by atoms with Gasteiger partial charge in [-0.3, -0.25) is 9.69 Å². The van der Waals surface area contributed by atoms with Crippen LogP contribution < -0.4 is 0 Å². The molecule has 0 amide bonds.